The third-order valence-corrected chi connectivity index (χ3v) is 3.11. The lowest BCUT2D eigenvalue weighted by Gasteiger charge is -2.26. The van der Waals surface area contributed by atoms with Crippen molar-refractivity contribution in [3.8, 4) is 0 Å². The van der Waals surface area contributed by atoms with Crippen molar-refractivity contribution in [3.63, 3.8) is 0 Å². The SMILES string of the molecule is COC1(C)C=CC(C(=O)c2ccccc2)=CC1. The fraction of sp³-hybridized carbons (Fsp3) is 0.267. The van der Waals surface area contributed by atoms with Crippen molar-refractivity contribution in [2.45, 2.75) is 18.9 Å². The van der Waals surface area contributed by atoms with Crippen LogP contribution in [0.1, 0.15) is 23.7 Å². The Morgan fingerprint density at radius 3 is 2.53 bits per heavy atom. The van der Waals surface area contributed by atoms with Crippen molar-refractivity contribution >= 4 is 5.78 Å². The minimum Gasteiger partial charge on any atom is -0.374 e. The van der Waals surface area contributed by atoms with E-state index in [1.165, 1.54) is 0 Å². The van der Waals surface area contributed by atoms with Gasteiger partial charge in [0.1, 0.15) is 0 Å². The second-order valence-corrected chi connectivity index (χ2v) is 4.41. The Labute approximate surface area is 102 Å². The van der Waals surface area contributed by atoms with E-state index in [1.807, 2.05) is 55.5 Å². The summed E-state index contributed by atoms with van der Waals surface area (Å²) in [6, 6.07) is 9.32. The lowest BCUT2D eigenvalue weighted by atomic mass is 9.90. The number of hydrogen-bond acceptors (Lipinski definition) is 2. The van der Waals surface area contributed by atoms with E-state index in [1.54, 1.807) is 7.11 Å². The van der Waals surface area contributed by atoms with Crippen LogP contribution in [-0.2, 0) is 4.74 Å². The Bertz CT molecular complexity index is 471. The first kappa shape index (κ1) is 11.8. The number of rotatable bonds is 3. The molecule has 2 rings (SSSR count). The van der Waals surface area contributed by atoms with Gasteiger partial charge in [-0.1, -0.05) is 48.6 Å². The van der Waals surface area contributed by atoms with Gasteiger partial charge in [0, 0.05) is 18.2 Å². The van der Waals surface area contributed by atoms with Crippen LogP contribution >= 0.6 is 0 Å². The quantitative estimate of drug-likeness (QED) is 0.743. The molecule has 0 aliphatic heterocycles. The number of benzene rings is 1. The van der Waals surface area contributed by atoms with Crippen LogP contribution in [0.3, 0.4) is 0 Å². The van der Waals surface area contributed by atoms with Crippen molar-refractivity contribution in [2.75, 3.05) is 7.11 Å². The molecule has 0 saturated heterocycles. The Kier molecular flexibility index (Phi) is 3.25. The lowest BCUT2D eigenvalue weighted by molar-refractivity contribution is 0.0501. The first-order valence-electron chi connectivity index (χ1n) is 5.69. The van der Waals surface area contributed by atoms with Gasteiger partial charge in [-0.05, 0) is 13.3 Å². The summed E-state index contributed by atoms with van der Waals surface area (Å²) in [5.41, 5.74) is 1.19. The van der Waals surface area contributed by atoms with Gasteiger partial charge in [0.25, 0.3) is 0 Å². The molecule has 0 saturated carbocycles. The van der Waals surface area contributed by atoms with E-state index >= 15 is 0 Å². The molecular formula is C15H16O2. The predicted molar refractivity (Wildman–Crippen MR) is 68.0 cm³/mol. The number of ketones is 1. The zero-order valence-corrected chi connectivity index (χ0v) is 10.1. The molecule has 0 spiro atoms. The van der Waals surface area contributed by atoms with Gasteiger partial charge in [-0.3, -0.25) is 4.79 Å². The number of hydrogen-bond donors (Lipinski definition) is 0. The summed E-state index contributed by atoms with van der Waals surface area (Å²) in [5, 5.41) is 0. The highest BCUT2D eigenvalue weighted by molar-refractivity contribution is 6.10. The monoisotopic (exact) mass is 228 g/mol. The van der Waals surface area contributed by atoms with Crippen molar-refractivity contribution in [3.05, 3.63) is 59.7 Å². The number of ether oxygens (including phenoxy) is 1. The van der Waals surface area contributed by atoms with Crippen LogP contribution in [0.2, 0.25) is 0 Å². The normalized spacial score (nSPS) is 23.3. The van der Waals surface area contributed by atoms with E-state index < -0.39 is 0 Å². The average Bonchev–Trinajstić information content (AvgIpc) is 2.40. The Hall–Kier alpha value is -1.67. The summed E-state index contributed by atoms with van der Waals surface area (Å²) in [6.07, 6.45) is 6.47. The molecule has 1 aromatic carbocycles. The van der Waals surface area contributed by atoms with Gasteiger partial charge < -0.3 is 4.74 Å². The minimum absolute atomic E-state index is 0.0694. The van der Waals surface area contributed by atoms with Gasteiger partial charge in [-0.15, -0.1) is 0 Å². The van der Waals surface area contributed by atoms with Gasteiger partial charge in [0.05, 0.1) is 5.60 Å². The fourth-order valence-corrected chi connectivity index (χ4v) is 1.79. The molecule has 0 fully saturated rings. The molecule has 1 unspecified atom stereocenters. The molecular weight excluding hydrogens is 212 g/mol. The lowest BCUT2D eigenvalue weighted by Crippen LogP contribution is -2.26. The molecule has 2 nitrogen and oxygen atoms in total. The van der Waals surface area contributed by atoms with E-state index in [4.69, 9.17) is 4.74 Å². The molecule has 0 amide bonds. The van der Waals surface area contributed by atoms with Gasteiger partial charge in [-0.25, -0.2) is 0 Å². The molecule has 0 aromatic heterocycles. The maximum absolute atomic E-state index is 12.1. The maximum Gasteiger partial charge on any atom is 0.192 e. The van der Waals surface area contributed by atoms with Crippen LogP contribution in [0.5, 0.6) is 0 Å². The van der Waals surface area contributed by atoms with Crippen molar-refractivity contribution in [2.24, 2.45) is 0 Å². The fourth-order valence-electron chi connectivity index (χ4n) is 1.79. The highest BCUT2D eigenvalue weighted by Crippen LogP contribution is 2.25. The molecule has 1 atom stereocenters. The summed E-state index contributed by atoms with van der Waals surface area (Å²) >= 11 is 0. The summed E-state index contributed by atoms with van der Waals surface area (Å²) in [5.74, 6) is 0.0694. The molecule has 0 N–H and O–H groups in total. The standard InChI is InChI=1S/C15H16O2/c1-15(17-2)10-8-13(9-11-15)14(16)12-6-4-3-5-7-12/h3-10H,11H2,1-2H3. The van der Waals surface area contributed by atoms with Crippen LogP contribution < -0.4 is 0 Å². The summed E-state index contributed by atoms with van der Waals surface area (Å²) < 4.78 is 5.37. The minimum atomic E-state index is -0.277. The van der Waals surface area contributed by atoms with Gasteiger partial charge in [0.2, 0.25) is 0 Å². The molecule has 1 aliphatic carbocycles. The molecule has 0 bridgehead atoms. The topological polar surface area (TPSA) is 26.3 Å². The molecule has 17 heavy (non-hydrogen) atoms. The van der Waals surface area contributed by atoms with Gasteiger partial charge in [-0.2, -0.15) is 0 Å². The van der Waals surface area contributed by atoms with Crippen LogP contribution in [0.4, 0.5) is 0 Å². The van der Waals surface area contributed by atoms with Crippen LogP contribution in [0, 0.1) is 0 Å². The summed E-state index contributed by atoms with van der Waals surface area (Å²) in [7, 11) is 1.68. The second-order valence-electron chi connectivity index (χ2n) is 4.41. The zero-order valence-electron chi connectivity index (χ0n) is 10.1. The van der Waals surface area contributed by atoms with E-state index in [0.717, 1.165) is 17.6 Å². The average molecular weight is 228 g/mol. The van der Waals surface area contributed by atoms with Crippen molar-refractivity contribution in [1.29, 1.82) is 0 Å². The Morgan fingerprint density at radius 2 is 2.00 bits per heavy atom. The number of allylic oxidation sites excluding steroid dienone is 2. The smallest absolute Gasteiger partial charge is 0.192 e. The van der Waals surface area contributed by atoms with E-state index in [0.29, 0.717) is 0 Å². The third kappa shape index (κ3) is 2.53. The number of Topliss-reactive ketones (excluding diaryl/α,β-unsaturated/α-hetero) is 1. The van der Waals surface area contributed by atoms with Crippen molar-refractivity contribution in [1.82, 2.24) is 0 Å². The zero-order chi connectivity index (χ0) is 12.3. The second kappa shape index (κ2) is 4.68. The molecule has 0 heterocycles. The summed E-state index contributed by atoms with van der Waals surface area (Å²) in [6.45, 7) is 2.00. The van der Waals surface area contributed by atoms with E-state index in [-0.39, 0.29) is 11.4 Å². The number of methoxy groups -OCH3 is 1. The summed E-state index contributed by atoms with van der Waals surface area (Å²) in [4.78, 5) is 12.1. The molecule has 2 heteroatoms. The third-order valence-electron chi connectivity index (χ3n) is 3.11. The van der Waals surface area contributed by atoms with Gasteiger partial charge >= 0.3 is 0 Å². The Balaban J connectivity index is 2.17. The molecule has 1 aromatic rings. The van der Waals surface area contributed by atoms with Gasteiger partial charge in [0.15, 0.2) is 5.78 Å². The molecule has 0 radical (unpaired) electrons. The van der Waals surface area contributed by atoms with E-state index in [2.05, 4.69) is 0 Å². The first-order chi connectivity index (χ1) is 8.14. The largest absolute Gasteiger partial charge is 0.374 e. The Morgan fingerprint density at radius 1 is 1.29 bits per heavy atom. The maximum atomic E-state index is 12.1. The number of carbonyl (C=O) groups is 1. The highest BCUT2D eigenvalue weighted by atomic mass is 16.5. The predicted octanol–water partition coefficient (Wildman–Crippen LogP) is 3.16. The number of carbonyl (C=O) groups excluding carboxylic acids is 1. The van der Waals surface area contributed by atoms with Crippen LogP contribution in [0.15, 0.2) is 54.1 Å². The van der Waals surface area contributed by atoms with Crippen LogP contribution in [-0.4, -0.2) is 18.5 Å². The molecule has 88 valence electrons. The van der Waals surface area contributed by atoms with Crippen molar-refractivity contribution < 1.29 is 9.53 Å². The highest BCUT2D eigenvalue weighted by Gasteiger charge is 2.23. The first-order valence-corrected chi connectivity index (χ1v) is 5.69. The van der Waals surface area contributed by atoms with Crippen LogP contribution in [0.25, 0.3) is 0 Å². The van der Waals surface area contributed by atoms with E-state index in [9.17, 15) is 4.79 Å². The molecule has 1 aliphatic rings.